The summed E-state index contributed by atoms with van der Waals surface area (Å²) in [5.41, 5.74) is 3.12. The average Bonchev–Trinajstić information content (AvgIpc) is 2.48. The van der Waals surface area contributed by atoms with Crippen LogP contribution in [0.25, 0.3) is 11.4 Å². The van der Waals surface area contributed by atoms with E-state index in [1.54, 1.807) is 25.5 Å². The Bertz CT molecular complexity index is 641. The van der Waals surface area contributed by atoms with Gasteiger partial charge < -0.3 is 4.74 Å². The Morgan fingerprint density at radius 3 is 2.76 bits per heavy atom. The molecule has 0 amide bonds. The summed E-state index contributed by atoms with van der Waals surface area (Å²) in [7, 11) is 0. The molecular weight excluding hydrogens is 266 g/mol. The number of pyridine rings is 1. The molecule has 0 spiro atoms. The van der Waals surface area contributed by atoms with Crippen molar-refractivity contribution in [3.05, 3.63) is 41.5 Å². The average molecular weight is 285 g/mol. The number of ether oxygens (including phenoxy) is 1. The van der Waals surface area contributed by atoms with Crippen LogP contribution in [-0.2, 0) is 11.2 Å². The SMILES string of the molecule is CCCc1nc(-c2ccncc2C)ncc1C(=O)OCC. The molecule has 5 nitrogen and oxygen atoms in total. The predicted molar refractivity (Wildman–Crippen MR) is 80.0 cm³/mol. The summed E-state index contributed by atoms with van der Waals surface area (Å²) >= 11 is 0. The number of carbonyl (C=O) groups is 1. The van der Waals surface area contributed by atoms with Gasteiger partial charge in [0.25, 0.3) is 0 Å². The van der Waals surface area contributed by atoms with Gasteiger partial charge in [-0.1, -0.05) is 13.3 Å². The summed E-state index contributed by atoms with van der Waals surface area (Å²) < 4.78 is 5.06. The molecule has 2 aromatic rings. The van der Waals surface area contributed by atoms with Gasteiger partial charge in [0.15, 0.2) is 5.82 Å². The molecule has 0 N–H and O–H groups in total. The second kappa shape index (κ2) is 6.92. The smallest absolute Gasteiger partial charge is 0.341 e. The maximum atomic E-state index is 11.9. The highest BCUT2D eigenvalue weighted by Crippen LogP contribution is 2.20. The van der Waals surface area contributed by atoms with Gasteiger partial charge in [0.05, 0.1) is 17.9 Å². The zero-order valence-electron chi connectivity index (χ0n) is 12.6. The standard InChI is InChI=1S/C16H19N3O2/c1-4-6-14-13(16(20)21-5-2)10-18-15(19-14)12-7-8-17-9-11(12)3/h7-10H,4-6H2,1-3H3. The first-order valence-corrected chi connectivity index (χ1v) is 7.11. The zero-order chi connectivity index (χ0) is 15.2. The Morgan fingerprint density at radius 2 is 2.10 bits per heavy atom. The molecule has 0 aliphatic rings. The second-order valence-electron chi connectivity index (χ2n) is 4.72. The minimum absolute atomic E-state index is 0.343. The molecule has 21 heavy (non-hydrogen) atoms. The third-order valence-electron chi connectivity index (χ3n) is 3.11. The molecule has 0 aromatic carbocycles. The number of hydrogen-bond acceptors (Lipinski definition) is 5. The Kier molecular flexibility index (Phi) is 4.98. The minimum Gasteiger partial charge on any atom is -0.462 e. The number of aryl methyl sites for hydroxylation is 2. The van der Waals surface area contributed by atoms with Crippen molar-refractivity contribution >= 4 is 5.97 Å². The molecule has 0 saturated carbocycles. The second-order valence-corrected chi connectivity index (χ2v) is 4.72. The van der Waals surface area contributed by atoms with Gasteiger partial charge in [-0.05, 0) is 31.9 Å². The van der Waals surface area contributed by atoms with E-state index in [-0.39, 0.29) is 5.97 Å². The Hall–Kier alpha value is -2.30. The predicted octanol–water partition coefficient (Wildman–Crippen LogP) is 2.98. The molecule has 2 aromatic heterocycles. The Balaban J connectivity index is 2.45. The molecule has 5 heteroatoms. The summed E-state index contributed by atoms with van der Waals surface area (Å²) in [6, 6.07) is 1.88. The lowest BCUT2D eigenvalue weighted by atomic mass is 10.1. The van der Waals surface area contributed by atoms with Crippen molar-refractivity contribution in [3.63, 3.8) is 0 Å². The lowest BCUT2D eigenvalue weighted by molar-refractivity contribution is 0.0524. The van der Waals surface area contributed by atoms with Gasteiger partial charge in [-0.3, -0.25) is 4.98 Å². The van der Waals surface area contributed by atoms with Gasteiger partial charge in [0, 0.05) is 24.2 Å². The van der Waals surface area contributed by atoms with Gasteiger partial charge in [-0.25, -0.2) is 14.8 Å². The molecule has 0 aliphatic heterocycles. The Morgan fingerprint density at radius 1 is 1.29 bits per heavy atom. The Labute approximate surface area is 124 Å². The van der Waals surface area contributed by atoms with Crippen molar-refractivity contribution in [2.24, 2.45) is 0 Å². The maximum Gasteiger partial charge on any atom is 0.341 e. The van der Waals surface area contributed by atoms with E-state index in [4.69, 9.17) is 4.74 Å². The van der Waals surface area contributed by atoms with Crippen LogP contribution in [0, 0.1) is 6.92 Å². The van der Waals surface area contributed by atoms with E-state index < -0.39 is 0 Å². The lowest BCUT2D eigenvalue weighted by Crippen LogP contribution is -2.11. The highest BCUT2D eigenvalue weighted by atomic mass is 16.5. The van der Waals surface area contributed by atoms with E-state index in [0.717, 1.165) is 23.2 Å². The van der Waals surface area contributed by atoms with Crippen LogP contribution in [0.1, 0.15) is 41.9 Å². The molecule has 0 fully saturated rings. The zero-order valence-corrected chi connectivity index (χ0v) is 12.6. The number of hydrogen-bond donors (Lipinski definition) is 0. The van der Waals surface area contributed by atoms with Crippen LogP contribution < -0.4 is 0 Å². The van der Waals surface area contributed by atoms with Crippen molar-refractivity contribution in [2.45, 2.75) is 33.6 Å². The third-order valence-corrected chi connectivity index (χ3v) is 3.11. The summed E-state index contributed by atoms with van der Waals surface area (Å²) in [5.74, 6) is 0.255. The largest absolute Gasteiger partial charge is 0.462 e. The van der Waals surface area contributed by atoms with Crippen molar-refractivity contribution in [3.8, 4) is 11.4 Å². The highest BCUT2D eigenvalue weighted by molar-refractivity contribution is 5.90. The highest BCUT2D eigenvalue weighted by Gasteiger charge is 2.16. The number of aromatic nitrogens is 3. The van der Waals surface area contributed by atoms with Gasteiger partial charge >= 0.3 is 5.97 Å². The summed E-state index contributed by atoms with van der Waals surface area (Å²) in [6.07, 6.45) is 6.67. The lowest BCUT2D eigenvalue weighted by Gasteiger charge is -2.10. The van der Waals surface area contributed by atoms with Gasteiger partial charge in [-0.2, -0.15) is 0 Å². The van der Waals surface area contributed by atoms with Gasteiger partial charge in [0.2, 0.25) is 0 Å². The van der Waals surface area contributed by atoms with E-state index in [0.29, 0.717) is 24.4 Å². The van der Waals surface area contributed by atoms with Crippen LogP contribution in [-0.4, -0.2) is 27.5 Å². The molecule has 0 saturated heterocycles. The van der Waals surface area contributed by atoms with E-state index >= 15 is 0 Å². The first kappa shape index (κ1) is 15.1. The topological polar surface area (TPSA) is 65.0 Å². The molecule has 110 valence electrons. The van der Waals surface area contributed by atoms with Crippen molar-refractivity contribution in [1.29, 1.82) is 0 Å². The number of esters is 1. The molecule has 2 rings (SSSR count). The van der Waals surface area contributed by atoms with E-state index in [2.05, 4.69) is 21.9 Å². The molecule has 2 heterocycles. The fourth-order valence-corrected chi connectivity index (χ4v) is 2.08. The van der Waals surface area contributed by atoms with Crippen LogP contribution in [0.4, 0.5) is 0 Å². The molecule has 0 unspecified atom stereocenters. The molecule has 0 atom stereocenters. The number of carbonyl (C=O) groups excluding carboxylic acids is 1. The van der Waals surface area contributed by atoms with Crippen LogP contribution >= 0.6 is 0 Å². The molecular formula is C16H19N3O2. The van der Waals surface area contributed by atoms with Crippen LogP contribution in [0.3, 0.4) is 0 Å². The number of rotatable bonds is 5. The molecule has 0 bridgehead atoms. The summed E-state index contributed by atoms with van der Waals surface area (Å²) in [5, 5.41) is 0. The first-order valence-electron chi connectivity index (χ1n) is 7.11. The van der Waals surface area contributed by atoms with E-state index in [1.807, 2.05) is 13.0 Å². The first-order chi connectivity index (χ1) is 10.2. The molecule has 0 aliphatic carbocycles. The van der Waals surface area contributed by atoms with Crippen molar-refractivity contribution < 1.29 is 9.53 Å². The van der Waals surface area contributed by atoms with Gasteiger partial charge in [0.1, 0.15) is 0 Å². The fourth-order valence-electron chi connectivity index (χ4n) is 2.08. The fraction of sp³-hybridized carbons (Fsp3) is 0.375. The molecule has 0 radical (unpaired) electrons. The summed E-state index contributed by atoms with van der Waals surface area (Å²) in [6.45, 7) is 6.14. The van der Waals surface area contributed by atoms with Crippen LogP contribution in [0.2, 0.25) is 0 Å². The van der Waals surface area contributed by atoms with Crippen molar-refractivity contribution in [1.82, 2.24) is 15.0 Å². The quantitative estimate of drug-likeness (QED) is 0.790. The normalized spacial score (nSPS) is 10.4. The van der Waals surface area contributed by atoms with Crippen molar-refractivity contribution in [2.75, 3.05) is 6.61 Å². The van der Waals surface area contributed by atoms with Crippen LogP contribution in [0.15, 0.2) is 24.7 Å². The van der Waals surface area contributed by atoms with Crippen LogP contribution in [0.5, 0.6) is 0 Å². The van der Waals surface area contributed by atoms with Gasteiger partial charge in [-0.15, -0.1) is 0 Å². The maximum absolute atomic E-state index is 11.9. The third kappa shape index (κ3) is 3.42. The number of nitrogens with zero attached hydrogens (tertiary/aromatic N) is 3. The van der Waals surface area contributed by atoms with E-state index in [1.165, 1.54) is 0 Å². The summed E-state index contributed by atoms with van der Waals surface area (Å²) in [4.78, 5) is 24.9. The minimum atomic E-state index is -0.362. The monoisotopic (exact) mass is 285 g/mol. The van der Waals surface area contributed by atoms with E-state index in [9.17, 15) is 4.79 Å².